The molecule has 0 aromatic carbocycles. The van der Waals surface area contributed by atoms with Gasteiger partial charge in [0.25, 0.3) is 5.56 Å². The number of nitrogens with one attached hydrogen (secondary N) is 2. The van der Waals surface area contributed by atoms with E-state index < -0.39 is 0 Å². The number of hydrogen-bond donors (Lipinski definition) is 2. The summed E-state index contributed by atoms with van der Waals surface area (Å²) in [4.78, 5) is 14.8. The fourth-order valence-corrected chi connectivity index (χ4v) is 3.58. The number of H-pyrrole nitrogens is 1. The largest absolute Gasteiger partial charge is 0.337 e. The van der Waals surface area contributed by atoms with Crippen LogP contribution >= 0.6 is 22.6 Å². The average Bonchev–Trinajstić information content (AvgIpc) is 2.69. The van der Waals surface area contributed by atoms with Crippen molar-refractivity contribution in [1.29, 1.82) is 0 Å². The molecule has 0 saturated carbocycles. The van der Waals surface area contributed by atoms with Gasteiger partial charge in [-0.1, -0.05) is 0 Å². The molecule has 1 aliphatic rings. The first-order valence-corrected chi connectivity index (χ1v) is 7.37. The molecular formula is C13H16IN3O. The number of nitrogens with zero attached hydrogens (tertiary/aromatic N) is 1. The van der Waals surface area contributed by atoms with Crippen molar-refractivity contribution in [3.8, 4) is 0 Å². The predicted octanol–water partition coefficient (Wildman–Crippen LogP) is 2.25. The molecule has 0 aliphatic carbocycles. The fraction of sp³-hybridized carbons (Fsp3) is 0.462. The van der Waals surface area contributed by atoms with Gasteiger partial charge in [0.2, 0.25) is 0 Å². The van der Waals surface area contributed by atoms with Crippen LogP contribution in [0.2, 0.25) is 0 Å². The van der Waals surface area contributed by atoms with Gasteiger partial charge in [-0.15, -0.1) is 0 Å². The van der Waals surface area contributed by atoms with Crippen molar-refractivity contribution < 1.29 is 0 Å². The summed E-state index contributed by atoms with van der Waals surface area (Å²) >= 11 is 2.30. The summed E-state index contributed by atoms with van der Waals surface area (Å²) in [5, 5.41) is 4.54. The Balaban J connectivity index is 2.20. The van der Waals surface area contributed by atoms with Gasteiger partial charge in [0.1, 0.15) is 5.52 Å². The lowest BCUT2D eigenvalue weighted by Gasteiger charge is -2.31. The third kappa shape index (κ3) is 1.89. The third-order valence-electron chi connectivity index (χ3n) is 3.78. The van der Waals surface area contributed by atoms with E-state index >= 15 is 0 Å². The van der Waals surface area contributed by atoms with Crippen molar-refractivity contribution in [2.45, 2.75) is 31.8 Å². The SMILES string of the molecule is CC1NCCCC1n1cc(I)c2cc[nH]c(=O)c21. The minimum Gasteiger partial charge on any atom is -0.337 e. The van der Waals surface area contributed by atoms with Crippen molar-refractivity contribution >= 4 is 33.5 Å². The van der Waals surface area contributed by atoms with Crippen LogP contribution in [0.15, 0.2) is 23.3 Å². The maximum absolute atomic E-state index is 12.1. The highest BCUT2D eigenvalue weighted by Gasteiger charge is 2.25. The van der Waals surface area contributed by atoms with Crippen LogP contribution in [-0.4, -0.2) is 22.1 Å². The molecule has 0 bridgehead atoms. The molecule has 0 spiro atoms. The first kappa shape index (κ1) is 12.2. The molecule has 1 aliphatic heterocycles. The molecule has 3 heterocycles. The van der Waals surface area contributed by atoms with E-state index in [1.807, 2.05) is 6.07 Å². The molecule has 3 rings (SSSR count). The molecule has 2 aromatic rings. The molecule has 0 amide bonds. The number of pyridine rings is 1. The van der Waals surface area contributed by atoms with Gasteiger partial charge >= 0.3 is 0 Å². The Kier molecular flexibility index (Phi) is 3.19. The van der Waals surface area contributed by atoms with E-state index in [4.69, 9.17) is 0 Å². The Morgan fingerprint density at radius 1 is 1.50 bits per heavy atom. The van der Waals surface area contributed by atoms with Crippen molar-refractivity contribution in [2.75, 3.05) is 6.54 Å². The Bertz CT molecular complexity index is 631. The zero-order valence-corrected chi connectivity index (χ0v) is 12.4. The highest BCUT2D eigenvalue weighted by molar-refractivity contribution is 14.1. The van der Waals surface area contributed by atoms with E-state index in [1.165, 1.54) is 0 Å². The zero-order valence-electron chi connectivity index (χ0n) is 10.2. The Hall–Kier alpha value is -0.820. The van der Waals surface area contributed by atoms with Gasteiger partial charge in [-0.25, -0.2) is 0 Å². The minimum atomic E-state index is 0.00758. The van der Waals surface area contributed by atoms with Gasteiger partial charge in [-0.05, 0) is 55.0 Å². The second kappa shape index (κ2) is 4.70. The summed E-state index contributed by atoms with van der Waals surface area (Å²) in [6, 6.07) is 2.76. The molecule has 18 heavy (non-hydrogen) atoms. The van der Waals surface area contributed by atoms with E-state index in [9.17, 15) is 4.79 Å². The third-order valence-corrected chi connectivity index (χ3v) is 4.64. The van der Waals surface area contributed by atoms with Gasteiger partial charge in [-0.3, -0.25) is 4.79 Å². The van der Waals surface area contributed by atoms with Crippen molar-refractivity contribution in [1.82, 2.24) is 14.9 Å². The number of rotatable bonds is 1. The first-order chi connectivity index (χ1) is 8.68. The second-order valence-corrected chi connectivity index (χ2v) is 6.07. The van der Waals surface area contributed by atoms with Gasteiger partial charge in [0.05, 0.1) is 0 Å². The molecule has 5 heteroatoms. The summed E-state index contributed by atoms with van der Waals surface area (Å²) < 4.78 is 3.30. The van der Waals surface area contributed by atoms with E-state index in [1.54, 1.807) is 6.20 Å². The van der Waals surface area contributed by atoms with Gasteiger partial charge in [0.15, 0.2) is 0 Å². The van der Waals surface area contributed by atoms with Crippen LogP contribution in [0.3, 0.4) is 0 Å². The smallest absolute Gasteiger partial charge is 0.272 e. The predicted molar refractivity (Wildman–Crippen MR) is 81.0 cm³/mol. The molecule has 1 fully saturated rings. The van der Waals surface area contributed by atoms with Gasteiger partial charge in [-0.2, -0.15) is 0 Å². The lowest BCUT2D eigenvalue weighted by Crippen LogP contribution is -2.40. The topological polar surface area (TPSA) is 49.8 Å². The maximum atomic E-state index is 12.1. The molecule has 2 unspecified atom stereocenters. The molecule has 4 nitrogen and oxygen atoms in total. The number of hydrogen-bond acceptors (Lipinski definition) is 2. The van der Waals surface area contributed by atoms with Crippen molar-refractivity contribution in [3.05, 3.63) is 32.4 Å². The van der Waals surface area contributed by atoms with Crippen LogP contribution in [0.25, 0.3) is 10.9 Å². The highest BCUT2D eigenvalue weighted by atomic mass is 127. The fourth-order valence-electron chi connectivity index (χ4n) is 2.84. The van der Waals surface area contributed by atoms with Crippen molar-refractivity contribution in [2.24, 2.45) is 0 Å². The van der Waals surface area contributed by atoms with Crippen LogP contribution in [0, 0.1) is 3.57 Å². The summed E-state index contributed by atoms with van der Waals surface area (Å²) in [6.45, 7) is 3.27. The van der Waals surface area contributed by atoms with Crippen molar-refractivity contribution in [3.63, 3.8) is 0 Å². The molecule has 2 atom stereocenters. The van der Waals surface area contributed by atoms with Crippen LogP contribution in [0.5, 0.6) is 0 Å². The van der Waals surface area contributed by atoms with E-state index in [2.05, 4.69) is 50.6 Å². The number of aromatic amines is 1. The maximum Gasteiger partial charge on any atom is 0.272 e. The van der Waals surface area contributed by atoms with Crippen LogP contribution in [0.1, 0.15) is 25.8 Å². The normalized spacial score (nSPS) is 24.6. The van der Waals surface area contributed by atoms with E-state index in [0.717, 1.165) is 33.9 Å². The monoisotopic (exact) mass is 357 g/mol. The van der Waals surface area contributed by atoms with E-state index in [-0.39, 0.29) is 5.56 Å². The average molecular weight is 357 g/mol. The summed E-state index contributed by atoms with van der Waals surface area (Å²) in [5.74, 6) is 0. The number of aromatic nitrogens is 2. The molecule has 2 aromatic heterocycles. The summed E-state index contributed by atoms with van der Waals surface area (Å²) in [6.07, 6.45) is 6.12. The zero-order chi connectivity index (χ0) is 12.7. The van der Waals surface area contributed by atoms with Crippen LogP contribution in [-0.2, 0) is 0 Å². The molecule has 96 valence electrons. The van der Waals surface area contributed by atoms with Gasteiger partial charge in [0, 0.05) is 33.4 Å². The minimum absolute atomic E-state index is 0.00758. The summed E-state index contributed by atoms with van der Waals surface area (Å²) in [7, 11) is 0. The van der Waals surface area contributed by atoms with Crippen LogP contribution in [0.4, 0.5) is 0 Å². The number of piperidine rings is 1. The standard InChI is InChI=1S/C13H16IN3O/c1-8-11(3-2-5-15-8)17-7-10(14)9-4-6-16-13(18)12(9)17/h4,6-8,11,15H,2-3,5H2,1H3,(H,16,18). The Labute approximate surface area is 119 Å². The Morgan fingerprint density at radius 2 is 2.33 bits per heavy atom. The lowest BCUT2D eigenvalue weighted by atomic mass is 9.99. The van der Waals surface area contributed by atoms with Gasteiger partial charge < -0.3 is 14.9 Å². The van der Waals surface area contributed by atoms with E-state index in [0.29, 0.717) is 12.1 Å². The van der Waals surface area contributed by atoms with Crippen LogP contribution < -0.4 is 10.9 Å². The molecule has 1 saturated heterocycles. The second-order valence-electron chi connectivity index (χ2n) is 4.91. The quantitative estimate of drug-likeness (QED) is 0.770. The molecule has 0 radical (unpaired) electrons. The summed E-state index contributed by atoms with van der Waals surface area (Å²) in [5.41, 5.74) is 0.815. The molecule has 2 N–H and O–H groups in total. The number of halogens is 1. The first-order valence-electron chi connectivity index (χ1n) is 6.29. The molecular weight excluding hydrogens is 341 g/mol. The highest BCUT2D eigenvalue weighted by Crippen LogP contribution is 2.28. The lowest BCUT2D eigenvalue weighted by molar-refractivity contribution is 0.301. The Morgan fingerprint density at radius 3 is 3.11 bits per heavy atom. The number of fused-ring (bicyclic) bond motifs is 1.